The number of ether oxygens (including phenoxy) is 2. The fraction of sp³-hybridized carbons (Fsp3) is 0.238. The van der Waals surface area contributed by atoms with E-state index in [2.05, 4.69) is 5.16 Å². The van der Waals surface area contributed by atoms with Gasteiger partial charge in [0.2, 0.25) is 0 Å². The summed E-state index contributed by atoms with van der Waals surface area (Å²) >= 11 is 0. The molecule has 6 nitrogen and oxygen atoms in total. The van der Waals surface area contributed by atoms with Gasteiger partial charge in [-0.15, -0.1) is 0 Å². The fourth-order valence-electron chi connectivity index (χ4n) is 2.93. The SMILES string of the molecule is COc1ccc(CN(C)C(=O)c2c(-c3ccccc3)noc2C)cc1OC. The zero-order valence-electron chi connectivity index (χ0n) is 15.9. The van der Waals surface area contributed by atoms with E-state index in [4.69, 9.17) is 14.0 Å². The molecule has 0 spiro atoms. The van der Waals surface area contributed by atoms with Gasteiger partial charge >= 0.3 is 0 Å². The van der Waals surface area contributed by atoms with Crippen LogP contribution in [0.5, 0.6) is 11.5 Å². The number of benzene rings is 2. The standard InChI is InChI=1S/C21H22N2O4/c1-14-19(20(22-27-14)16-8-6-5-7-9-16)21(24)23(2)13-15-10-11-17(25-3)18(12-15)26-4/h5-12H,13H2,1-4H3. The number of carbonyl (C=O) groups is 1. The van der Waals surface area contributed by atoms with Crippen LogP contribution >= 0.6 is 0 Å². The van der Waals surface area contributed by atoms with Crippen molar-refractivity contribution in [3.63, 3.8) is 0 Å². The minimum absolute atomic E-state index is 0.151. The maximum atomic E-state index is 13.1. The first kappa shape index (κ1) is 18.5. The van der Waals surface area contributed by atoms with Crippen molar-refractivity contribution >= 4 is 5.91 Å². The molecule has 0 saturated heterocycles. The van der Waals surface area contributed by atoms with Crippen LogP contribution in [0.4, 0.5) is 0 Å². The molecule has 6 heteroatoms. The maximum Gasteiger partial charge on any atom is 0.259 e. The van der Waals surface area contributed by atoms with Crippen LogP contribution in [0.3, 0.4) is 0 Å². The van der Waals surface area contributed by atoms with E-state index in [-0.39, 0.29) is 5.91 Å². The van der Waals surface area contributed by atoms with Crippen LogP contribution < -0.4 is 9.47 Å². The third-order valence-corrected chi connectivity index (χ3v) is 4.34. The summed E-state index contributed by atoms with van der Waals surface area (Å²) in [7, 11) is 4.93. The quantitative estimate of drug-likeness (QED) is 0.661. The number of hydrogen-bond acceptors (Lipinski definition) is 5. The highest BCUT2D eigenvalue weighted by molar-refractivity contribution is 6.00. The number of hydrogen-bond donors (Lipinski definition) is 0. The van der Waals surface area contributed by atoms with Gasteiger partial charge in [-0.1, -0.05) is 41.6 Å². The molecule has 0 radical (unpaired) electrons. The first-order chi connectivity index (χ1) is 13.0. The summed E-state index contributed by atoms with van der Waals surface area (Å²) in [5.74, 6) is 1.62. The highest BCUT2D eigenvalue weighted by Gasteiger charge is 2.24. The first-order valence-electron chi connectivity index (χ1n) is 8.53. The molecule has 0 saturated carbocycles. The predicted molar refractivity (Wildman–Crippen MR) is 102 cm³/mol. The first-order valence-corrected chi connectivity index (χ1v) is 8.53. The van der Waals surface area contributed by atoms with E-state index in [1.807, 2.05) is 48.5 Å². The van der Waals surface area contributed by atoms with Gasteiger partial charge in [-0.3, -0.25) is 4.79 Å². The van der Waals surface area contributed by atoms with E-state index in [0.29, 0.717) is 35.1 Å². The number of carbonyl (C=O) groups excluding carboxylic acids is 1. The van der Waals surface area contributed by atoms with Gasteiger partial charge < -0.3 is 18.9 Å². The lowest BCUT2D eigenvalue weighted by Gasteiger charge is -2.18. The highest BCUT2D eigenvalue weighted by atomic mass is 16.5. The minimum Gasteiger partial charge on any atom is -0.493 e. The molecule has 0 atom stereocenters. The molecule has 3 aromatic rings. The van der Waals surface area contributed by atoms with Gasteiger partial charge in [0.25, 0.3) is 5.91 Å². The van der Waals surface area contributed by atoms with Crippen molar-refractivity contribution in [2.24, 2.45) is 0 Å². The summed E-state index contributed by atoms with van der Waals surface area (Å²) in [6.45, 7) is 2.16. The monoisotopic (exact) mass is 366 g/mol. The van der Waals surface area contributed by atoms with E-state index in [0.717, 1.165) is 11.1 Å². The van der Waals surface area contributed by atoms with Crippen LogP contribution in [-0.4, -0.2) is 37.2 Å². The average Bonchev–Trinajstić information content (AvgIpc) is 3.09. The van der Waals surface area contributed by atoms with E-state index < -0.39 is 0 Å². The minimum atomic E-state index is -0.151. The van der Waals surface area contributed by atoms with E-state index in [1.54, 1.807) is 33.1 Å². The number of aromatic nitrogens is 1. The Labute approximate surface area is 158 Å². The summed E-state index contributed by atoms with van der Waals surface area (Å²) < 4.78 is 15.9. The lowest BCUT2D eigenvalue weighted by molar-refractivity contribution is 0.0784. The second-order valence-corrected chi connectivity index (χ2v) is 6.18. The normalized spacial score (nSPS) is 10.5. The number of aryl methyl sites for hydroxylation is 1. The molecule has 0 fully saturated rings. The van der Waals surface area contributed by atoms with Crippen LogP contribution in [0, 0.1) is 6.92 Å². The number of amides is 1. The predicted octanol–water partition coefficient (Wildman–Crippen LogP) is 3.94. The van der Waals surface area contributed by atoms with Crippen LogP contribution in [0.25, 0.3) is 11.3 Å². The Hall–Kier alpha value is -3.28. The lowest BCUT2D eigenvalue weighted by Crippen LogP contribution is -2.27. The number of methoxy groups -OCH3 is 2. The summed E-state index contributed by atoms with van der Waals surface area (Å²) in [6.07, 6.45) is 0. The summed E-state index contributed by atoms with van der Waals surface area (Å²) in [4.78, 5) is 14.7. The van der Waals surface area contributed by atoms with Gasteiger partial charge in [-0.25, -0.2) is 0 Å². The van der Waals surface area contributed by atoms with Gasteiger partial charge in [-0.2, -0.15) is 0 Å². The third kappa shape index (κ3) is 3.79. The topological polar surface area (TPSA) is 64.8 Å². The highest BCUT2D eigenvalue weighted by Crippen LogP contribution is 2.29. The maximum absolute atomic E-state index is 13.1. The second kappa shape index (κ2) is 7.95. The van der Waals surface area contributed by atoms with Crippen molar-refractivity contribution in [3.05, 3.63) is 65.4 Å². The second-order valence-electron chi connectivity index (χ2n) is 6.18. The Balaban J connectivity index is 1.86. The summed E-state index contributed by atoms with van der Waals surface area (Å²) in [6, 6.07) is 15.1. The van der Waals surface area contributed by atoms with Crippen LogP contribution in [0.1, 0.15) is 21.7 Å². The molecule has 0 unspecified atom stereocenters. The van der Waals surface area contributed by atoms with Crippen molar-refractivity contribution in [2.75, 3.05) is 21.3 Å². The average molecular weight is 366 g/mol. The number of rotatable bonds is 6. The Morgan fingerprint density at radius 3 is 2.44 bits per heavy atom. The molecule has 0 N–H and O–H groups in total. The summed E-state index contributed by atoms with van der Waals surface area (Å²) in [5.41, 5.74) is 2.80. The van der Waals surface area contributed by atoms with Gasteiger partial charge in [0, 0.05) is 19.2 Å². The van der Waals surface area contributed by atoms with Crippen LogP contribution in [-0.2, 0) is 6.54 Å². The molecule has 27 heavy (non-hydrogen) atoms. The smallest absolute Gasteiger partial charge is 0.259 e. The molecule has 1 aromatic heterocycles. The molecule has 140 valence electrons. The van der Waals surface area contributed by atoms with Crippen molar-refractivity contribution in [2.45, 2.75) is 13.5 Å². The van der Waals surface area contributed by atoms with E-state index in [9.17, 15) is 4.79 Å². The Kier molecular flexibility index (Phi) is 5.45. The van der Waals surface area contributed by atoms with Gasteiger partial charge in [-0.05, 0) is 24.6 Å². The van der Waals surface area contributed by atoms with Crippen LogP contribution in [0.15, 0.2) is 53.1 Å². The summed E-state index contributed by atoms with van der Waals surface area (Å²) in [5, 5.41) is 4.09. The molecule has 2 aromatic carbocycles. The number of nitrogens with zero attached hydrogens (tertiary/aromatic N) is 2. The molecule has 1 heterocycles. The zero-order chi connectivity index (χ0) is 19.4. The molecule has 0 aliphatic carbocycles. The molecule has 1 amide bonds. The van der Waals surface area contributed by atoms with Gasteiger partial charge in [0.1, 0.15) is 17.0 Å². The molecule has 0 bridgehead atoms. The Morgan fingerprint density at radius 2 is 1.78 bits per heavy atom. The van der Waals surface area contributed by atoms with Crippen molar-refractivity contribution < 1.29 is 18.8 Å². The van der Waals surface area contributed by atoms with Gasteiger partial charge in [0.05, 0.1) is 14.2 Å². The largest absolute Gasteiger partial charge is 0.493 e. The van der Waals surface area contributed by atoms with E-state index >= 15 is 0 Å². The molecular weight excluding hydrogens is 344 g/mol. The lowest BCUT2D eigenvalue weighted by atomic mass is 10.0. The molecule has 0 aliphatic rings. The Morgan fingerprint density at radius 1 is 1.07 bits per heavy atom. The molecule has 0 aliphatic heterocycles. The third-order valence-electron chi connectivity index (χ3n) is 4.34. The van der Waals surface area contributed by atoms with Crippen molar-refractivity contribution in [1.82, 2.24) is 10.1 Å². The fourth-order valence-corrected chi connectivity index (χ4v) is 2.93. The van der Waals surface area contributed by atoms with Crippen molar-refractivity contribution in [1.29, 1.82) is 0 Å². The Bertz CT molecular complexity index is 935. The van der Waals surface area contributed by atoms with Crippen LogP contribution in [0.2, 0.25) is 0 Å². The molecular formula is C21H22N2O4. The van der Waals surface area contributed by atoms with E-state index in [1.165, 1.54) is 0 Å². The zero-order valence-corrected chi connectivity index (χ0v) is 15.9. The molecule has 3 rings (SSSR count). The van der Waals surface area contributed by atoms with Crippen molar-refractivity contribution in [3.8, 4) is 22.8 Å². The van der Waals surface area contributed by atoms with Gasteiger partial charge in [0.15, 0.2) is 11.5 Å².